The van der Waals surface area contributed by atoms with E-state index in [1.165, 1.54) is 44.3 Å². The van der Waals surface area contributed by atoms with E-state index in [2.05, 4.69) is 23.4 Å². The first-order chi connectivity index (χ1) is 7.71. The van der Waals surface area contributed by atoms with Crippen molar-refractivity contribution in [3.63, 3.8) is 0 Å². The fourth-order valence-corrected chi connectivity index (χ4v) is 4.53. The van der Waals surface area contributed by atoms with E-state index in [9.17, 15) is 0 Å². The zero-order valence-corrected chi connectivity index (χ0v) is 10.7. The fourth-order valence-electron chi connectivity index (χ4n) is 3.27. The van der Waals surface area contributed by atoms with Gasteiger partial charge in [0.1, 0.15) is 0 Å². The molecule has 1 spiro atoms. The van der Waals surface area contributed by atoms with Crippen LogP contribution in [0, 0.1) is 0 Å². The number of piperidine rings is 1. The minimum Gasteiger partial charge on any atom is -0.324 e. The van der Waals surface area contributed by atoms with Crippen LogP contribution in [0.4, 0.5) is 0 Å². The zero-order valence-electron chi connectivity index (χ0n) is 9.91. The lowest BCUT2D eigenvalue weighted by Crippen LogP contribution is -2.43. The molecule has 1 aliphatic heterocycles. The number of rotatable bonds is 0. The van der Waals surface area contributed by atoms with E-state index >= 15 is 0 Å². The summed E-state index contributed by atoms with van der Waals surface area (Å²) in [5.41, 5.74) is 8.13. The largest absolute Gasteiger partial charge is 0.324 e. The summed E-state index contributed by atoms with van der Waals surface area (Å²) in [5, 5.41) is 2.23. The molecule has 16 heavy (non-hydrogen) atoms. The standard InChI is InChI=1S/C13H20N2S/c1-15-7-5-13(6-8-15)4-2-11(14)10-3-9-16-12(10)13/h3,9,11H,2,4-8,14H2,1H3. The van der Waals surface area contributed by atoms with Gasteiger partial charge < -0.3 is 10.6 Å². The maximum atomic E-state index is 6.20. The van der Waals surface area contributed by atoms with Crippen LogP contribution in [0.25, 0.3) is 0 Å². The second-order valence-corrected chi connectivity index (χ2v) is 6.35. The van der Waals surface area contributed by atoms with Crippen molar-refractivity contribution in [2.75, 3.05) is 20.1 Å². The topological polar surface area (TPSA) is 29.3 Å². The smallest absolute Gasteiger partial charge is 0.0306 e. The van der Waals surface area contributed by atoms with Crippen LogP contribution in [-0.2, 0) is 5.41 Å². The van der Waals surface area contributed by atoms with Gasteiger partial charge in [-0.15, -0.1) is 11.3 Å². The molecule has 0 aromatic carbocycles. The van der Waals surface area contributed by atoms with E-state index < -0.39 is 0 Å². The van der Waals surface area contributed by atoms with Gasteiger partial charge in [-0.3, -0.25) is 0 Å². The number of hydrogen-bond acceptors (Lipinski definition) is 3. The number of fused-ring (bicyclic) bond motifs is 2. The summed E-state index contributed by atoms with van der Waals surface area (Å²) < 4.78 is 0. The SMILES string of the molecule is CN1CCC2(CCC(N)c3ccsc32)CC1. The minimum absolute atomic E-state index is 0.298. The Bertz CT molecular complexity index is 377. The molecule has 0 saturated carbocycles. The molecule has 0 radical (unpaired) electrons. The number of nitrogens with two attached hydrogens (primary N) is 1. The van der Waals surface area contributed by atoms with Gasteiger partial charge in [-0.1, -0.05) is 0 Å². The molecule has 2 nitrogen and oxygen atoms in total. The summed E-state index contributed by atoms with van der Waals surface area (Å²) in [5.74, 6) is 0. The van der Waals surface area contributed by atoms with E-state index in [1.54, 1.807) is 4.88 Å². The van der Waals surface area contributed by atoms with Crippen LogP contribution in [0.2, 0.25) is 0 Å². The second kappa shape index (κ2) is 3.83. The first kappa shape index (κ1) is 10.8. The highest BCUT2D eigenvalue weighted by atomic mass is 32.1. The highest BCUT2D eigenvalue weighted by Crippen LogP contribution is 2.49. The molecule has 2 N–H and O–H groups in total. The summed E-state index contributed by atoms with van der Waals surface area (Å²) in [7, 11) is 2.23. The Hall–Kier alpha value is -0.380. The molecule has 0 bridgehead atoms. The van der Waals surface area contributed by atoms with Crippen molar-refractivity contribution in [3.8, 4) is 0 Å². The first-order valence-electron chi connectivity index (χ1n) is 6.23. The molecule has 2 heterocycles. The summed E-state index contributed by atoms with van der Waals surface area (Å²) in [4.78, 5) is 4.06. The molecule has 88 valence electrons. The molecular formula is C13H20N2S. The van der Waals surface area contributed by atoms with Gasteiger partial charge in [0.25, 0.3) is 0 Å². The average Bonchev–Trinajstić information content (AvgIpc) is 2.78. The van der Waals surface area contributed by atoms with Crippen molar-refractivity contribution in [1.82, 2.24) is 4.90 Å². The van der Waals surface area contributed by atoms with Gasteiger partial charge in [-0.2, -0.15) is 0 Å². The van der Waals surface area contributed by atoms with Crippen LogP contribution in [0.3, 0.4) is 0 Å². The van der Waals surface area contributed by atoms with Crippen molar-refractivity contribution in [2.45, 2.75) is 37.1 Å². The van der Waals surface area contributed by atoms with Crippen LogP contribution in [-0.4, -0.2) is 25.0 Å². The molecule has 1 aliphatic carbocycles. The maximum absolute atomic E-state index is 6.20. The van der Waals surface area contributed by atoms with Crippen molar-refractivity contribution in [2.24, 2.45) is 5.73 Å². The van der Waals surface area contributed by atoms with Gasteiger partial charge in [-0.25, -0.2) is 0 Å². The van der Waals surface area contributed by atoms with Crippen LogP contribution in [0.1, 0.15) is 42.2 Å². The van der Waals surface area contributed by atoms with Gasteiger partial charge in [-0.05, 0) is 62.8 Å². The molecule has 3 heteroatoms. The van der Waals surface area contributed by atoms with Crippen LogP contribution < -0.4 is 5.73 Å². The number of hydrogen-bond donors (Lipinski definition) is 1. The van der Waals surface area contributed by atoms with Crippen molar-refractivity contribution < 1.29 is 0 Å². The number of nitrogens with zero attached hydrogens (tertiary/aromatic N) is 1. The fraction of sp³-hybridized carbons (Fsp3) is 0.692. The molecule has 1 unspecified atom stereocenters. The van der Waals surface area contributed by atoms with Gasteiger partial charge in [0, 0.05) is 16.3 Å². The molecule has 1 aromatic heterocycles. The third-order valence-electron chi connectivity index (χ3n) is 4.45. The zero-order chi connectivity index (χ0) is 11.2. The summed E-state index contributed by atoms with van der Waals surface area (Å²) in [6.07, 6.45) is 5.12. The predicted octanol–water partition coefficient (Wildman–Crippen LogP) is 2.51. The lowest BCUT2D eigenvalue weighted by molar-refractivity contribution is 0.168. The Morgan fingerprint density at radius 1 is 1.38 bits per heavy atom. The highest BCUT2D eigenvalue weighted by Gasteiger charge is 2.41. The number of thiophene rings is 1. The summed E-state index contributed by atoms with van der Waals surface area (Å²) in [6, 6.07) is 2.55. The Balaban J connectivity index is 1.96. The normalized spacial score (nSPS) is 29.2. The predicted molar refractivity (Wildman–Crippen MR) is 68.9 cm³/mol. The van der Waals surface area contributed by atoms with Crippen LogP contribution >= 0.6 is 11.3 Å². The Morgan fingerprint density at radius 3 is 2.88 bits per heavy atom. The van der Waals surface area contributed by atoms with E-state index in [0.29, 0.717) is 11.5 Å². The Morgan fingerprint density at radius 2 is 2.12 bits per heavy atom. The van der Waals surface area contributed by atoms with Crippen LogP contribution in [0.15, 0.2) is 11.4 Å². The summed E-state index contributed by atoms with van der Waals surface area (Å²) >= 11 is 1.94. The second-order valence-electron chi connectivity index (χ2n) is 5.43. The molecule has 0 amide bonds. The molecule has 1 saturated heterocycles. The molecular weight excluding hydrogens is 216 g/mol. The minimum atomic E-state index is 0.298. The highest BCUT2D eigenvalue weighted by molar-refractivity contribution is 7.10. The molecule has 2 aliphatic rings. The third-order valence-corrected chi connectivity index (χ3v) is 5.63. The average molecular weight is 236 g/mol. The van der Waals surface area contributed by atoms with Crippen LogP contribution in [0.5, 0.6) is 0 Å². The Kier molecular flexibility index (Phi) is 2.57. The third kappa shape index (κ3) is 1.53. The lowest BCUT2D eigenvalue weighted by Gasteiger charge is -2.44. The van der Waals surface area contributed by atoms with Crippen molar-refractivity contribution in [3.05, 3.63) is 21.9 Å². The molecule has 1 fully saturated rings. The number of likely N-dealkylation sites (tertiary alicyclic amines) is 1. The van der Waals surface area contributed by atoms with E-state index in [4.69, 9.17) is 5.73 Å². The van der Waals surface area contributed by atoms with Crippen molar-refractivity contribution >= 4 is 11.3 Å². The van der Waals surface area contributed by atoms with Gasteiger partial charge in [0.2, 0.25) is 0 Å². The van der Waals surface area contributed by atoms with Gasteiger partial charge >= 0.3 is 0 Å². The lowest BCUT2D eigenvalue weighted by atomic mass is 9.68. The van der Waals surface area contributed by atoms with Gasteiger partial charge in [0.05, 0.1) is 0 Å². The molecule has 1 atom stereocenters. The van der Waals surface area contributed by atoms with E-state index in [0.717, 1.165) is 0 Å². The monoisotopic (exact) mass is 236 g/mol. The first-order valence-corrected chi connectivity index (χ1v) is 7.11. The molecule has 1 aromatic rings. The quantitative estimate of drug-likeness (QED) is 0.750. The molecule has 3 rings (SSSR count). The summed E-state index contributed by atoms with van der Waals surface area (Å²) in [6.45, 7) is 2.49. The Labute approximate surface area is 101 Å². The maximum Gasteiger partial charge on any atom is 0.0306 e. The van der Waals surface area contributed by atoms with E-state index in [-0.39, 0.29) is 0 Å². The van der Waals surface area contributed by atoms with Crippen molar-refractivity contribution in [1.29, 1.82) is 0 Å². The van der Waals surface area contributed by atoms with E-state index in [1.807, 2.05) is 11.3 Å². The van der Waals surface area contributed by atoms with Gasteiger partial charge in [0.15, 0.2) is 0 Å².